The highest BCUT2D eigenvalue weighted by atomic mass is 19.1. The van der Waals surface area contributed by atoms with Crippen LogP contribution in [0.3, 0.4) is 0 Å². The summed E-state index contributed by atoms with van der Waals surface area (Å²) >= 11 is 0. The monoisotopic (exact) mass is 716 g/mol. The molecule has 0 N–H and O–H groups in total. The van der Waals surface area contributed by atoms with E-state index in [0.29, 0.717) is 34.1 Å². The second-order valence-electron chi connectivity index (χ2n) is 14.4. The smallest absolute Gasteiger partial charge is 0.205 e. The Morgan fingerprint density at radius 2 is 0.964 bits per heavy atom. The minimum Gasteiger partial charge on any atom is -0.449 e. The number of ether oxygens (including phenoxy) is 4. The Kier molecular flexibility index (Phi) is 6.32. The van der Waals surface area contributed by atoms with Crippen LogP contribution in [0.1, 0.15) is 39.8 Å². The first-order valence-electron chi connectivity index (χ1n) is 17.8. The van der Waals surface area contributed by atoms with Gasteiger partial charge in [-0.2, -0.15) is 0 Å². The van der Waals surface area contributed by atoms with Crippen molar-refractivity contribution in [3.05, 3.63) is 179 Å². The van der Waals surface area contributed by atoms with E-state index in [9.17, 15) is 4.39 Å². The van der Waals surface area contributed by atoms with Crippen molar-refractivity contribution in [2.24, 2.45) is 0 Å². The number of fused-ring (bicyclic) bond motifs is 8. The highest BCUT2D eigenvalue weighted by Gasteiger charge is 2.52. The maximum Gasteiger partial charge on any atom is 0.205 e. The van der Waals surface area contributed by atoms with E-state index in [2.05, 4.69) is 96.8 Å². The lowest BCUT2D eigenvalue weighted by Gasteiger charge is -2.34. The number of hydrogen-bond donors (Lipinski definition) is 0. The first kappa shape index (κ1) is 31.3. The molecule has 0 bridgehead atoms. The van der Waals surface area contributed by atoms with Crippen LogP contribution in [0.5, 0.6) is 46.0 Å². The molecule has 2 aliphatic carbocycles. The third-order valence-corrected chi connectivity index (χ3v) is 11.4. The Bertz CT molecular complexity index is 3020. The number of rotatable bonds is 2. The lowest BCUT2D eigenvalue weighted by molar-refractivity contribution is 0.343. The summed E-state index contributed by atoms with van der Waals surface area (Å²) in [5, 5.41) is 3.70. The Hall–Kier alpha value is -7.28. The molecule has 7 aromatic carbocycles. The maximum absolute atomic E-state index is 15.1. The molecule has 260 valence electrons. The van der Waals surface area contributed by atoms with Crippen molar-refractivity contribution >= 4 is 21.5 Å². The molecule has 6 heteroatoms. The van der Waals surface area contributed by atoms with Crippen molar-refractivity contribution in [3.63, 3.8) is 0 Å². The van der Waals surface area contributed by atoms with Gasteiger partial charge in [-0.3, -0.25) is 0 Å². The first-order valence-corrected chi connectivity index (χ1v) is 17.8. The summed E-state index contributed by atoms with van der Waals surface area (Å²) in [6.07, 6.45) is 20.7. The van der Waals surface area contributed by atoms with E-state index in [1.54, 1.807) is 12.1 Å². The summed E-state index contributed by atoms with van der Waals surface area (Å²) in [6, 6.07) is 34.9. The summed E-state index contributed by atoms with van der Waals surface area (Å²) < 4.78 is 54.5. The van der Waals surface area contributed by atoms with Gasteiger partial charge in [0.2, 0.25) is 11.5 Å². The zero-order valence-corrected chi connectivity index (χ0v) is 29.0. The highest BCUT2D eigenvalue weighted by molar-refractivity contribution is 5.90. The molecule has 0 amide bonds. The Labute approximate surface area is 314 Å². The molecule has 7 aromatic rings. The van der Waals surface area contributed by atoms with Crippen LogP contribution in [-0.4, -0.2) is 0 Å². The lowest BCUT2D eigenvalue weighted by Crippen LogP contribution is -2.29. The third kappa shape index (κ3) is 4.46. The minimum atomic E-state index is -0.597. The molecule has 2 heterocycles. The fraction of sp³-hybridized carbons (Fsp3) is 0.0612. The molecule has 0 radical (unpaired) electrons. The van der Waals surface area contributed by atoms with Crippen molar-refractivity contribution in [2.45, 2.75) is 17.3 Å². The van der Waals surface area contributed by atoms with Gasteiger partial charge in [0, 0.05) is 34.1 Å². The number of allylic oxidation sites excluding steroid dienone is 4. The number of benzene rings is 7. The van der Waals surface area contributed by atoms with Gasteiger partial charge < -0.3 is 18.9 Å². The third-order valence-electron chi connectivity index (χ3n) is 11.4. The van der Waals surface area contributed by atoms with Crippen LogP contribution in [-0.2, 0) is 10.8 Å². The molecule has 0 unspecified atom stereocenters. The fourth-order valence-electron chi connectivity index (χ4n) is 8.85. The number of terminal acetylenes is 2. The summed E-state index contributed by atoms with van der Waals surface area (Å²) in [6.45, 7) is 0. The average Bonchev–Trinajstić information content (AvgIpc) is 3.80. The van der Waals surface area contributed by atoms with Crippen molar-refractivity contribution in [3.8, 4) is 70.7 Å². The molecule has 4 aliphatic rings. The Balaban J connectivity index is 1.08. The standard InChI is InChI=1S/C49H26F2O4/c1-3-28-18-39(51)47-44(19-28)52-40-23-30-11-13-35(22-33(30)26-43(40)55-47)49(27-48(15-7-8-16-48)36-9-5-6-10-37(36)49)34-14-12-31-24-42-41(25-32(31)21-34)53-45-20-29(4-2)17-38(50)46(45)54-42/h1-2,5-26H,27H2/t49-/m1/s1. The van der Waals surface area contributed by atoms with Crippen molar-refractivity contribution < 1.29 is 27.7 Å². The van der Waals surface area contributed by atoms with Crippen LogP contribution in [0, 0.1) is 36.3 Å². The average molecular weight is 717 g/mol. The summed E-state index contributed by atoms with van der Waals surface area (Å²) in [4.78, 5) is 0. The van der Waals surface area contributed by atoms with Crippen LogP contribution >= 0.6 is 0 Å². The molecule has 0 aromatic heterocycles. The molecule has 55 heavy (non-hydrogen) atoms. The first-order chi connectivity index (χ1) is 26.8. The summed E-state index contributed by atoms with van der Waals surface area (Å²) in [5.41, 5.74) is 4.44. The highest BCUT2D eigenvalue weighted by Crippen LogP contribution is 2.60. The zero-order valence-electron chi connectivity index (χ0n) is 29.0. The molecule has 1 atom stereocenters. The van der Waals surface area contributed by atoms with Gasteiger partial charge in [0.05, 0.1) is 0 Å². The van der Waals surface area contributed by atoms with Crippen molar-refractivity contribution in [1.82, 2.24) is 0 Å². The number of hydrogen-bond acceptors (Lipinski definition) is 4. The maximum atomic E-state index is 15.1. The van der Waals surface area contributed by atoms with E-state index < -0.39 is 17.0 Å². The molecule has 0 saturated carbocycles. The van der Waals surface area contributed by atoms with Gasteiger partial charge in [0.25, 0.3) is 0 Å². The molecule has 0 saturated heterocycles. The fourth-order valence-corrected chi connectivity index (χ4v) is 8.85. The van der Waals surface area contributed by atoms with Gasteiger partial charge in [-0.25, -0.2) is 8.78 Å². The van der Waals surface area contributed by atoms with E-state index in [1.165, 1.54) is 23.3 Å². The van der Waals surface area contributed by atoms with Gasteiger partial charge in [-0.1, -0.05) is 84.7 Å². The number of halogens is 2. The topological polar surface area (TPSA) is 36.9 Å². The van der Waals surface area contributed by atoms with Gasteiger partial charge in [-0.05, 0) is 98.8 Å². The summed E-state index contributed by atoms with van der Waals surface area (Å²) in [7, 11) is 0. The lowest BCUT2D eigenvalue weighted by atomic mass is 9.67. The molecular formula is C49H26F2O4. The SMILES string of the molecule is C#Cc1cc(F)c2c(c1)Oc1cc3cc([C@@]4(c5ccc6cc7c(cc6c5)Oc5c(F)cc(C#C)cc5O7)CC5(C=CC=C5)c5ccccc54)ccc3cc1O2. The van der Waals surface area contributed by atoms with Crippen molar-refractivity contribution in [2.75, 3.05) is 0 Å². The quantitative estimate of drug-likeness (QED) is 0.167. The van der Waals surface area contributed by atoms with Crippen LogP contribution in [0.2, 0.25) is 0 Å². The van der Waals surface area contributed by atoms with Crippen LogP contribution in [0.25, 0.3) is 21.5 Å². The normalized spacial score (nSPS) is 17.5. The van der Waals surface area contributed by atoms with Gasteiger partial charge in [0.15, 0.2) is 46.1 Å². The van der Waals surface area contributed by atoms with E-state index in [-0.39, 0.29) is 28.4 Å². The van der Waals surface area contributed by atoms with Crippen LogP contribution in [0.15, 0.2) is 133 Å². The summed E-state index contributed by atoms with van der Waals surface area (Å²) in [5.74, 6) is 6.04. The van der Waals surface area contributed by atoms with E-state index >= 15 is 4.39 Å². The second kappa shape index (κ2) is 11.1. The van der Waals surface area contributed by atoms with Gasteiger partial charge in [-0.15, -0.1) is 12.8 Å². The molecule has 2 aliphatic heterocycles. The second-order valence-corrected chi connectivity index (χ2v) is 14.4. The largest absolute Gasteiger partial charge is 0.449 e. The van der Waals surface area contributed by atoms with Gasteiger partial charge >= 0.3 is 0 Å². The predicted octanol–water partition coefficient (Wildman–Crippen LogP) is 12.1. The predicted molar refractivity (Wildman–Crippen MR) is 208 cm³/mol. The molecule has 4 nitrogen and oxygen atoms in total. The molecular weight excluding hydrogens is 691 g/mol. The van der Waals surface area contributed by atoms with Crippen LogP contribution in [0.4, 0.5) is 8.78 Å². The van der Waals surface area contributed by atoms with E-state index in [1.807, 2.05) is 24.3 Å². The Morgan fingerprint density at radius 1 is 0.491 bits per heavy atom. The molecule has 11 rings (SSSR count). The van der Waals surface area contributed by atoms with Crippen molar-refractivity contribution in [1.29, 1.82) is 0 Å². The van der Waals surface area contributed by atoms with E-state index in [4.69, 9.17) is 31.8 Å². The minimum absolute atomic E-state index is 0.00258. The van der Waals surface area contributed by atoms with E-state index in [0.717, 1.165) is 39.1 Å². The van der Waals surface area contributed by atoms with Crippen LogP contribution < -0.4 is 18.9 Å². The zero-order chi connectivity index (χ0) is 37.1. The Morgan fingerprint density at radius 3 is 1.47 bits per heavy atom. The molecule has 0 fully saturated rings. The molecule has 1 spiro atoms. The van der Waals surface area contributed by atoms with Gasteiger partial charge in [0.1, 0.15) is 0 Å².